The molecule has 0 saturated heterocycles. The van der Waals surface area contributed by atoms with Gasteiger partial charge < -0.3 is 10.1 Å². The Morgan fingerprint density at radius 1 is 1.24 bits per heavy atom. The lowest BCUT2D eigenvalue weighted by atomic mass is 10.3. The molecule has 0 radical (unpaired) electrons. The second kappa shape index (κ2) is 6.37. The van der Waals surface area contributed by atoms with E-state index in [0.29, 0.717) is 13.8 Å². The maximum absolute atomic E-state index is 12.4. The molecule has 0 bridgehead atoms. The molecule has 0 unspecified atom stereocenters. The number of hydrogen-bond donors (Lipinski definition) is 1. The van der Waals surface area contributed by atoms with E-state index in [2.05, 4.69) is 41.9 Å². The van der Waals surface area contributed by atoms with Crippen LogP contribution in [0.25, 0.3) is 0 Å². The second-order valence-corrected chi connectivity index (χ2v) is 6.43. The fraction of sp³-hybridized carbons (Fsp3) is 0.0833. The van der Waals surface area contributed by atoms with Crippen LogP contribution in [-0.2, 0) is 0 Å². The van der Waals surface area contributed by atoms with E-state index in [0.717, 1.165) is 6.07 Å². The first-order valence-corrected chi connectivity index (χ1v) is 7.82. The van der Waals surface area contributed by atoms with Gasteiger partial charge in [0.1, 0.15) is 4.88 Å². The fourth-order valence-corrected chi connectivity index (χ4v) is 3.23. The van der Waals surface area contributed by atoms with Gasteiger partial charge in [0.25, 0.3) is 5.91 Å². The zero-order valence-electron chi connectivity index (χ0n) is 10.0. The zero-order chi connectivity index (χ0) is 15.6. The fourth-order valence-electron chi connectivity index (χ4n) is 1.44. The smallest absolute Gasteiger partial charge is 0.404 e. The topological polar surface area (TPSA) is 38.3 Å². The maximum Gasteiger partial charge on any atom is 0.573 e. The number of carbonyl (C=O) groups excluding carboxylic acids is 1. The van der Waals surface area contributed by atoms with Gasteiger partial charge in [-0.1, -0.05) is 15.9 Å². The number of rotatable bonds is 3. The minimum atomic E-state index is -4.84. The highest BCUT2D eigenvalue weighted by atomic mass is 79.9. The highest BCUT2D eigenvalue weighted by Crippen LogP contribution is 2.34. The number of carbonyl (C=O) groups is 1. The first kappa shape index (κ1) is 16.3. The number of benzene rings is 1. The van der Waals surface area contributed by atoms with Crippen LogP contribution in [0.15, 0.2) is 38.6 Å². The lowest BCUT2D eigenvalue weighted by molar-refractivity contribution is -0.274. The molecule has 0 atom stereocenters. The summed E-state index contributed by atoms with van der Waals surface area (Å²) in [5, 5.41) is 4.09. The summed E-state index contributed by atoms with van der Waals surface area (Å²) in [7, 11) is 0. The van der Waals surface area contributed by atoms with Gasteiger partial charge in [0.2, 0.25) is 0 Å². The van der Waals surface area contributed by atoms with Crippen molar-refractivity contribution in [1.82, 2.24) is 0 Å². The third kappa shape index (κ3) is 4.45. The van der Waals surface area contributed by atoms with Gasteiger partial charge in [-0.15, -0.1) is 24.5 Å². The van der Waals surface area contributed by atoms with Gasteiger partial charge in [-0.25, -0.2) is 0 Å². The van der Waals surface area contributed by atoms with E-state index in [4.69, 9.17) is 0 Å². The van der Waals surface area contributed by atoms with Gasteiger partial charge >= 0.3 is 6.36 Å². The van der Waals surface area contributed by atoms with Gasteiger partial charge in [-0.3, -0.25) is 4.79 Å². The van der Waals surface area contributed by atoms with Gasteiger partial charge in [-0.05, 0) is 45.6 Å². The molecular weight excluding hydrogens is 439 g/mol. The molecule has 2 aromatic rings. The predicted octanol–water partition coefficient (Wildman–Crippen LogP) is 5.42. The van der Waals surface area contributed by atoms with Crippen LogP contribution < -0.4 is 10.1 Å². The van der Waals surface area contributed by atoms with Crippen LogP contribution in [0.4, 0.5) is 18.9 Å². The molecule has 1 N–H and O–H groups in total. The number of ether oxygens (including phenoxy) is 1. The average molecular weight is 445 g/mol. The van der Waals surface area contributed by atoms with E-state index in [1.165, 1.54) is 23.5 Å². The molecule has 1 aromatic heterocycles. The molecule has 9 heteroatoms. The third-order valence-corrected chi connectivity index (χ3v) is 4.57. The van der Waals surface area contributed by atoms with Crippen molar-refractivity contribution in [3.63, 3.8) is 0 Å². The molecule has 3 nitrogen and oxygen atoms in total. The van der Waals surface area contributed by atoms with E-state index >= 15 is 0 Å². The van der Waals surface area contributed by atoms with Crippen LogP contribution in [0.3, 0.4) is 0 Å². The second-order valence-electron chi connectivity index (χ2n) is 3.74. The minimum absolute atomic E-state index is 0.0687. The first-order chi connectivity index (χ1) is 9.76. The summed E-state index contributed by atoms with van der Waals surface area (Å²) in [6, 6.07) is 5.63. The Hall–Kier alpha value is -1.06. The Morgan fingerprint density at radius 2 is 1.95 bits per heavy atom. The van der Waals surface area contributed by atoms with Crippen molar-refractivity contribution >= 4 is 54.8 Å². The van der Waals surface area contributed by atoms with Crippen molar-refractivity contribution in [2.24, 2.45) is 0 Å². The maximum atomic E-state index is 12.4. The normalized spacial score (nSPS) is 11.3. The van der Waals surface area contributed by atoms with E-state index in [9.17, 15) is 18.0 Å². The van der Waals surface area contributed by atoms with Gasteiger partial charge in [0.05, 0.1) is 5.69 Å². The molecule has 2 rings (SSSR count). The van der Waals surface area contributed by atoms with Crippen LogP contribution in [-0.4, -0.2) is 12.3 Å². The molecule has 1 amide bonds. The van der Waals surface area contributed by atoms with Crippen molar-refractivity contribution in [2.45, 2.75) is 6.36 Å². The summed E-state index contributed by atoms with van der Waals surface area (Å²) >= 11 is 7.41. The molecule has 0 aliphatic heterocycles. The van der Waals surface area contributed by atoms with Crippen molar-refractivity contribution in [1.29, 1.82) is 0 Å². The third-order valence-electron chi connectivity index (χ3n) is 2.24. The number of alkyl halides is 3. The van der Waals surface area contributed by atoms with E-state index in [1.54, 1.807) is 11.4 Å². The van der Waals surface area contributed by atoms with E-state index in [-0.39, 0.29) is 5.69 Å². The van der Waals surface area contributed by atoms with Crippen molar-refractivity contribution in [3.8, 4) is 5.75 Å². The summed E-state index contributed by atoms with van der Waals surface area (Å²) in [5.41, 5.74) is -0.0687. The molecule has 0 spiro atoms. The number of hydrogen-bond acceptors (Lipinski definition) is 3. The van der Waals surface area contributed by atoms with Crippen molar-refractivity contribution < 1.29 is 22.7 Å². The molecule has 0 saturated carbocycles. The SMILES string of the molecule is O=C(Nc1ccc(Br)cc1OC(F)(F)F)c1sccc1Br. The Morgan fingerprint density at radius 3 is 2.52 bits per heavy atom. The lowest BCUT2D eigenvalue weighted by Gasteiger charge is -2.14. The summed E-state index contributed by atoms with van der Waals surface area (Å²) in [6.45, 7) is 0. The molecule has 1 heterocycles. The van der Waals surface area contributed by atoms with Crippen LogP contribution in [0.2, 0.25) is 0 Å². The summed E-state index contributed by atoms with van der Waals surface area (Å²) in [6.07, 6.45) is -4.84. The number of nitrogens with one attached hydrogen (secondary N) is 1. The standard InChI is InChI=1S/C12H6Br2F3NO2S/c13-6-1-2-8(9(5-6)20-12(15,16)17)18-11(19)10-7(14)3-4-21-10/h1-5H,(H,18,19). The minimum Gasteiger partial charge on any atom is -0.404 e. The predicted molar refractivity (Wildman–Crippen MR) is 80.8 cm³/mol. The number of anilines is 1. The number of amides is 1. The van der Waals surface area contributed by atoms with Gasteiger partial charge in [0.15, 0.2) is 5.75 Å². The Labute approximate surface area is 138 Å². The van der Waals surface area contributed by atoms with Crippen LogP contribution in [0.1, 0.15) is 9.67 Å². The number of halogens is 5. The van der Waals surface area contributed by atoms with E-state index in [1.807, 2.05) is 0 Å². The Bertz CT molecular complexity index is 673. The van der Waals surface area contributed by atoms with Crippen LogP contribution >= 0.6 is 43.2 Å². The molecular formula is C12H6Br2F3NO2S. The molecule has 0 aliphatic rings. The van der Waals surface area contributed by atoms with Gasteiger partial charge in [-0.2, -0.15) is 0 Å². The van der Waals surface area contributed by atoms with Gasteiger partial charge in [0, 0.05) is 8.95 Å². The lowest BCUT2D eigenvalue weighted by Crippen LogP contribution is -2.19. The van der Waals surface area contributed by atoms with Crippen LogP contribution in [0.5, 0.6) is 5.75 Å². The Kier molecular flexibility index (Phi) is 4.95. The summed E-state index contributed by atoms with van der Waals surface area (Å²) < 4.78 is 42.0. The Balaban J connectivity index is 2.27. The average Bonchev–Trinajstić information content (AvgIpc) is 2.77. The largest absolute Gasteiger partial charge is 0.573 e. The first-order valence-electron chi connectivity index (χ1n) is 5.36. The molecule has 21 heavy (non-hydrogen) atoms. The highest BCUT2D eigenvalue weighted by molar-refractivity contribution is 9.10. The van der Waals surface area contributed by atoms with Crippen molar-refractivity contribution in [3.05, 3.63) is 43.5 Å². The number of thiophene rings is 1. The molecule has 0 aliphatic carbocycles. The van der Waals surface area contributed by atoms with Crippen molar-refractivity contribution in [2.75, 3.05) is 5.32 Å². The highest BCUT2D eigenvalue weighted by Gasteiger charge is 2.32. The molecule has 1 aromatic carbocycles. The molecule has 0 fully saturated rings. The zero-order valence-corrected chi connectivity index (χ0v) is 14.0. The summed E-state index contributed by atoms with van der Waals surface area (Å²) in [4.78, 5) is 12.4. The van der Waals surface area contributed by atoms with Crippen LogP contribution in [0, 0.1) is 0 Å². The quantitative estimate of drug-likeness (QED) is 0.685. The summed E-state index contributed by atoms with van der Waals surface area (Å²) in [5.74, 6) is -1.01. The molecule has 112 valence electrons. The van der Waals surface area contributed by atoms with E-state index < -0.39 is 18.0 Å². The monoisotopic (exact) mass is 443 g/mol.